The van der Waals surface area contributed by atoms with E-state index in [1.807, 2.05) is 5.01 Å². The first-order valence-electron chi connectivity index (χ1n) is 5.01. The van der Waals surface area contributed by atoms with E-state index in [4.69, 9.17) is 5.84 Å². The lowest BCUT2D eigenvalue weighted by Crippen LogP contribution is -2.38. The molecule has 3 heteroatoms. The van der Waals surface area contributed by atoms with Gasteiger partial charge in [0.2, 0.25) is 0 Å². The molecule has 0 aromatic heterocycles. The summed E-state index contributed by atoms with van der Waals surface area (Å²) in [5.74, 6) is 5.76. The summed E-state index contributed by atoms with van der Waals surface area (Å²) >= 11 is 0. The Bertz CT molecular complexity index is 152. The quantitative estimate of drug-likeness (QED) is 0.524. The summed E-state index contributed by atoms with van der Waals surface area (Å²) in [6, 6.07) is 0. The monoisotopic (exact) mass is 169 g/mol. The van der Waals surface area contributed by atoms with Crippen LogP contribution in [0.15, 0.2) is 0 Å². The van der Waals surface area contributed by atoms with E-state index in [1.165, 1.54) is 38.6 Å². The lowest BCUT2D eigenvalue weighted by Gasteiger charge is -2.26. The van der Waals surface area contributed by atoms with Gasteiger partial charge in [0.15, 0.2) is 0 Å². The molecule has 1 saturated carbocycles. The van der Waals surface area contributed by atoms with Crippen LogP contribution in [0.3, 0.4) is 0 Å². The SMILES string of the molecule is NN1CCC2(CCCC2)CNC1. The summed E-state index contributed by atoms with van der Waals surface area (Å²) in [6.07, 6.45) is 6.96. The topological polar surface area (TPSA) is 41.3 Å². The van der Waals surface area contributed by atoms with Crippen LogP contribution >= 0.6 is 0 Å². The van der Waals surface area contributed by atoms with E-state index in [0.29, 0.717) is 5.41 Å². The summed E-state index contributed by atoms with van der Waals surface area (Å²) in [7, 11) is 0. The molecule has 0 amide bonds. The second kappa shape index (κ2) is 3.32. The lowest BCUT2D eigenvalue weighted by atomic mass is 9.83. The highest BCUT2D eigenvalue weighted by atomic mass is 15.4. The Morgan fingerprint density at radius 2 is 1.92 bits per heavy atom. The van der Waals surface area contributed by atoms with Crippen LogP contribution in [-0.4, -0.2) is 24.8 Å². The molecule has 0 aromatic rings. The summed E-state index contributed by atoms with van der Waals surface area (Å²) in [6.45, 7) is 3.11. The first kappa shape index (κ1) is 8.48. The summed E-state index contributed by atoms with van der Waals surface area (Å²) < 4.78 is 0. The van der Waals surface area contributed by atoms with E-state index >= 15 is 0 Å². The molecule has 0 unspecified atom stereocenters. The molecule has 3 nitrogen and oxygen atoms in total. The Labute approximate surface area is 74.3 Å². The highest BCUT2D eigenvalue weighted by Gasteiger charge is 2.34. The van der Waals surface area contributed by atoms with Gasteiger partial charge in [0, 0.05) is 13.1 Å². The Hall–Kier alpha value is -0.120. The van der Waals surface area contributed by atoms with E-state index < -0.39 is 0 Å². The molecule has 12 heavy (non-hydrogen) atoms. The lowest BCUT2D eigenvalue weighted by molar-refractivity contribution is 0.249. The van der Waals surface area contributed by atoms with Crippen molar-refractivity contribution in [2.75, 3.05) is 19.8 Å². The molecule has 0 aromatic carbocycles. The summed E-state index contributed by atoms with van der Waals surface area (Å²) in [5, 5.41) is 5.33. The van der Waals surface area contributed by atoms with Crippen molar-refractivity contribution < 1.29 is 0 Å². The zero-order valence-electron chi connectivity index (χ0n) is 7.68. The Morgan fingerprint density at radius 1 is 1.17 bits per heavy atom. The van der Waals surface area contributed by atoms with Crippen LogP contribution in [0.25, 0.3) is 0 Å². The van der Waals surface area contributed by atoms with Crippen molar-refractivity contribution in [1.82, 2.24) is 10.3 Å². The van der Waals surface area contributed by atoms with Gasteiger partial charge in [-0.05, 0) is 24.7 Å². The zero-order chi connectivity index (χ0) is 8.44. The van der Waals surface area contributed by atoms with Crippen LogP contribution in [0.4, 0.5) is 0 Å². The van der Waals surface area contributed by atoms with Gasteiger partial charge in [-0.15, -0.1) is 0 Å². The van der Waals surface area contributed by atoms with Crippen molar-refractivity contribution in [3.63, 3.8) is 0 Å². The smallest absolute Gasteiger partial charge is 0.0618 e. The van der Waals surface area contributed by atoms with E-state index in [9.17, 15) is 0 Å². The van der Waals surface area contributed by atoms with Gasteiger partial charge in [-0.2, -0.15) is 0 Å². The first-order chi connectivity index (χ1) is 5.81. The molecule has 0 radical (unpaired) electrons. The maximum absolute atomic E-state index is 5.76. The van der Waals surface area contributed by atoms with Crippen molar-refractivity contribution >= 4 is 0 Å². The summed E-state index contributed by atoms with van der Waals surface area (Å²) in [4.78, 5) is 0. The molecule has 0 atom stereocenters. The van der Waals surface area contributed by atoms with Crippen molar-refractivity contribution in [2.45, 2.75) is 32.1 Å². The molecule has 1 heterocycles. The largest absolute Gasteiger partial charge is 0.303 e. The third kappa shape index (κ3) is 1.63. The van der Waals surface area contributed by atoms with Gasteiger partial charge in [0.1, 0.15) is 0 Å². The van der Waals surface area contributed by atoms with Gasteiger partial charge >= 0.3 is 0 Å². The average molecular weight is 169 g/mol. The molecular formula is C9H19N3. The molecule has 1 aliphatic heterocycles. The molecule has 3 N–H and O–H groups in total. The molecule has 1 aliphatic carbocycles. The van der Waals surface area contributed by atoms with Crippen LogP contribution < -0.4 is 11.2 Å². The minimum absolute atomic E-state index is 0.605. The van der Waals surface area contributed by atoms with Crippen LogP contribution in [0.5, 0.6) is 0 Å². The number of hydrazine groups is 1. The Kier molecular flexibility index (Phi) is 2.35. The third-order valence-corrected chi connectivity index (χ3v) is 3.41. The van der Waals surface area contributed by atoms with E-state index in [1.54, 1.807) is 0 Å². The molecule has 1 saturated heterocycles. The molecule has 1 spiro atoms. The minimum Gasteiger partial charge on any atom is -0.303 e. The fourth-order valence-electron chi connectivity index (χ4n) is 2.56. The highest BCUT2D eigenvalue weighted by molar-refractivity contribution is 4.88. The molecule has 70 valence electrons. The standard InChI is InChI=1S/C9H19N3/c10-12-6-5-9(7-11-8-12)3-1-2-4-9/h11H,1-8,10H2. The van der Waals surface area contributed by atoms with Crippen LogP contribution in [0.2, 0.25) is 0 Å². The van der Waals surface area contributed by atoms with Crippen LogP contribution in [-0.2, 0) is 0 Å². The average Bonchev–Trinajstić information content (AvgIpc) is 2.42. The van der Waals surface area contributed by atoms with Crippen molar-refractivity contribution in [3.05, 3.63) is 0 Å². The second-order valence-electron chi connectivity index (χ2n) is 4.35. The van der Waals surface area contributed by atoms with E-state index in [0.717, 1.165) is 13.2 Å². The van der Waals surface area contributed by atoms with Crippen molar-refractivity contribution in [2.24, 2.45) is 11.3 Å². The van der Waals surface area contributed by atoms with Gasteiger partial charge in [0.05, 0.1) is 6.67 Å². The van der Waals surface area contributed by atoms with Crippen LogP contribution in [0, 0.1) is 5.41 Å². The van der Waals surface area contributed by atoms with Gasteiger partial charge in [-0.25, -0.2) is 5.01 Å². The molecule has 2 rings (SSSR count). The van der Waals surface area contributed by atoms with Crippen molar-refractivity contribution in [1.29, 1.82) is 0 Å². The van der Waals surface area contributed by atoms with E-state index in [-0.39, 0.29) is 0 Å². The Balaban J connectivity index is 1.97. The number of nitrogens with two attached hydrogens (primary N) is 1. The predicted molar refractivity (Wildman–Crippen MR) is 49.3 cm³/mol. The maximum atomic E-state index is 5.76. The number of nitrogens with zero attached hydrogens (tertiary/aromatic N) is 1. The van der Waals surface area contributed by atoms with Crippen LogP contribution in [0.1, 0.15) is 32.1 Å². The second-order valence-corrected chi connectivity index (χ2v) is 4.35. The number of rotatable bonds is 0. The van der Waals surface area contributed by atoms with Gasteiger partial charge < -0.3 is 5.32 Å². The van der Waals surface area contributed by atoms with E-state index in [2.05, 4.69) is 5.32 Å². The molecule has 0 bridgehead atoms. The third-order valence-electron chi connectivity index (χ3n) is 3.41. The van der Waals surface area contributed by atoms with Gasteiger partial charge in [0.25, 0.3) is 0 Å². The zero-order valence-corrected chi connectivity index (χ0v) is 7.68. The maximum Gasteiger partial charge on any atom is 0.0618 e. The van der Waals surface area contributed by atoms with Gasteiger partial charge in [-0.3, -0.25) is 5.84 Å². The number of nitrogens with one attached hydrogen (secondary N) is 1. The normalized spacial score (nSPS) is 30.8. The highest BCUT2D eigenvalue weighted by Crippen LogP contribution is 2.41. The fourth-order valence-corrected chi connectivity index (χ4v) is 2.56. The van der Waals surface area contributed by atoms with Crippen molar-refractivity contribution in [3.8, 4) is 0 Å². The fraction of sp³-hybridized carbons (Fsp3) is 1.00. The number of hydrogen-bond acceptors (Lipinski definition) is 3. The van der Waals surface area contributed by atoms with Gasteiger partial charge in [-0.1, -0.05) is 12.8 Å². The first-order valence-corrected chi connectivity index (χ1v) is 5.01. The molecule has 2 fully saturated rings. The summed E-state index contributed by atoms with van der Waals surface area (Å²) in [5.41, 5.74) is 0.605. The minimum atomic E-state index is 0.605. The molecular weight excluding hydrogens is 150 g/mol. The molecule has 2 aliphatic rings. The number of hydrogen-bond donors (Lipinski definition) is 2. The Morgan fingerprint density at radius 3 is 2.67 bits per heavy atom. The predicted octanol–water partition coefficient (Wildman–Crippen LogP) is 0.673.